The van der Waals surface area contributed by atoms with Crippen LogP contribution in [0.5, 0.6) is 5.75 Å². The molecule has 0 amide bonds. The average molecular weight is 346 g/mol. The smallest absolute Gasteiger partial charge is 0.267 e. The third-order valence-corrected chi connectivity index (χ3v) is 5.73. The zero-order valence-corrected chi connectivity index (χ0v) is 13.4. The number of benzene rings is 1. The number of nitrogens with zero attached hydrogens (tertiary/aromatic N) is 2. The highest BCUT2D eigenvalue weighted by molar-refractivity contribution is 7.93. The van der Waals surface area contributed by atoms with Gasteiger partial charge in [0.2, 0.25) is 5.13 Å². The molecule has 112 valence electrons. The van der Waals surface area contributed by atoms with Crippen LogP contribution < -0.4 is 9.46 Å². The SMILES string of the molecule is COc1ccc(Cl)cc1S(=O)(=O)Nc1nnc(C2CC2)s1. The number of hydrogen-bond donors (Lipinski definition) is 1. The molecule has 0 atom stereocenters. The zero-order valence-electron chi connectivity index (χ0n) is 11.0. The molecule has 3 rings (SSSR count). The molecule has 1 heterocycles. The summed E-state index contributed by atoms with van der Waals surface area (Å²) in [5.41, 5.74) is 0. The Balaban J connectivity index is 1.90. The Morgan fingerprint density at radius 2 is 2.14 bits per heavy atom. The number of anilines is 1. The van der Waals surface area contributed by atoms with Gasteiger partial charge in [-0.25, -0.2) is 8.42 Å². The van der Waals surface area contributed by atoms with Crippen LogP contribution in [0.2, 0.25) is 5.02 Å². The number of methoxy groups -OCH3 is 1. The second-order valence-electron chi connectivity index (χ2n) is 4.62. The summed E-state index contributed by atoms with van der Waals surface area (Å²) >= 11 is 7.12. The van der Waals surface area contributed by atoms with Gasteiger partial charge in [0.25, 0.3) is 10.0 Å². The van der Waals surface area contributed by atoms with Crippen LogP contribution in [0, 0.1) is 0 Å². The Labute approximate surface area is 131 Å². The van der Waals surface area contributed by atoms with Crippen molar-refractivity contribution in [2.75, 3.05) is 11.8 Å². The molecule has 2 aromatic rings. The van der Waals surface area contributed by atoms with Gasteiger partial charge in [-0.05, 0) is 31.0 Å². The molecule has 0 saturated heterocycles. The lowest BCUT2D eigenvalue weighted by atomic mass is 10.3. The monoisotopic (exact) mass is 345 g/mol. The maximum Gasteiger partial charge on any atom is 0.267 e. The van der Waals surface area contributed by atoms with E-state index in [2.05, 4.69) is 14.9 Å². The second kappa shape index (κ2) is 5.43. The fourth-order valence-electron chi connectivity index (χ4n) is 1.80. The minimum atomic E-state index is -3.82. The van der Waals surface area contributed by atoms with E-state index in [4.69, 9.17) is 16.3 Å². The van der Waals surface area contributed by atoms with Gasteiger partial charge in [-0.15, -0.1) is 10.2 Å². The molecule has 1 aliphatic carbocycles. The molecule has 1 aromatic heterocycles. The van der Waals surface area contributed by atoms with Crippen LogP contribution in [0.1, 0.15) is 23.8 Å². The van der Waals surface area contributed by atoms with Crippen molar-refractivity contribution in [1.82, 2.24) is 10.2 Å². The fraction of sp³-hybridized carbons (Fsp3) is 0.333. The third-order valence-electron chi connectivity index (χ3n) is 3.00. The molecule has 6 nitrogen and oxygen atoms in total. The topological polar surface area (TPSA) is 81.2 Å². The Morgan fingerprint density at radius 3 is 2.81 bits per heavy atom. The van der Waals surface area contributed by atoms with Crippen LogP contribution in [-0.4, -0.2) is 25.7 Å². The molecule has 1 aromatic carbocycles. The highest BCUT2D eigenvalue weighted by Gasteiger charge is 2.29. The molecule has 0 unspecified atom stereocenters. The quantitative estimate of drug-likeness (QED) is 0.901. The summed E-state index contributed by atoms with van der Waals surface area (Å²) in [4.78, 5) is -0.0272. The van der Waals surface area contributed by atoms with Crippen molar-refractivity contribution in [3.8, 4) is 5.75 Å². The summed E-state index contributed by atoms with van der Waals surface area (Å²) in [7, 11) is -2.42. The predicted molar refractivity (Wildman–Crippen MR) is 80.7 cm³/mol. The molecule has 0 spiro atoms. The van der Waals surface area contributed by atoms with Gasteiger partial charge in [0.1, 0.15) is 15.7 Å². The zero-order chi connectivity index (χ0) is 15.0. The molecular weight excluding hydrogens is 334 g/mol. The van der Waals surface area contributed by atoms with Gasteiger partial charge in [-0.3, -0.25) is 4.72 Å². The predicted octanol–water partition coefficient (Wildman–Crippen LogP) is 2.88. The van der Waals surface area contributed by atoms with Crippen LogP contribution in [0.3, 0.4) is 0 Å². The van der Waals surface area contributed by atoms with Crippen LogP contribution >= 0.6 is 22.9 Å². The van der Waals surface area contributed by atoms with E-state index in [-0.39, 0.29) is 15.8 Å². The van der Waals surface area contributed by atoms with E-state index in [1.807, 2.05) is 0 Å². The molecule has 0 bridgehead atoms. The van der Waals surface area contributed by atoms with Crippen LogP contribution in [0.4, 0.5) is 5.13 Å². The van der Waals surface area contributed by atoms with Crippen molar-refractivity contribution in [1.29, 1.82) is 0 Å². The lowest BCUT2D eigenvalue weighted by Crippen LogP contribution is -2.14. The first-order chi connectivity index (χ1) is 9.99. The summed E-state index contributed by atoms with van der Waals surface area (Å²) in [6.45, 7) is 0. The van der Waals surface area contributed by atoms with Crippen LogP contribution in [0.25, 0.3) is 0 Å². The molecule has 0 aliphatic heterocycles. The van der Waals surface area contributed by atoms with Gasteiger partial charge in [-0.1, -0.05) is 22.9 Å². The third kappa shape index (κ3) is 3.12. The molecule has 1 aliphatic rings. The van der Waals surface area contributed by atoms with E-state index in [0.717, 1.165) is 17.8 Å². The van der Waals surface area contributed by atoms with Gasteiger partial charge >= 0.3 is 0 Å². The highest BCUT2D eigenvalue weighted by atomic mass is 35.5. The normalized spacial score (nSPS) is 15.0. The first kappa shape index (κ1) is 14.6. The van der Waals surface area contributed by atoms with E-state index in [1.165, 1.54) is 30.6 Å². The summed E-state index contributed by atoms with van der Waals surface area (Å²) in [5.74, 6) is 0.653. The van der Waals surface area contributed by atoms with Crippen LogP contribution in [0.15, 0.2) is 23.1 Å². The molecule has 0 radical (unpaired) electrons. The summed E-state index contributed by atoms with van der Waals surface area (Å²) < 4.78 is 32.3. The van der Waals surface area contributed by atoms with Crippen LogP contribution in [-0.2, 0) is 10.0 Å². The van der Waals surface area contributed by atoms with E-state index < -0.39 is 10.0 Å². The molecule has 1 fully saturated rings. The maximum absolute atomic E-state index is 12.4. The summed E-state index contributed by atoms with van der Waals surface area (Å²) in [5, 5.41) is 9.30. The van der Waals surface area contributed by atoms with Gasteiger partial charge in [0, 0.05) is 10.9 Å². The van der Waals surface area contributed by atoms with Crippen molar-refractivity contribution in [3.05, 3.63) is 28.2 Å². The Kier molecular flexibility index (Phi) is 3.76. The average Bonchev–Trinajstić information content (AvgIpc) is 3.20. The van der Waals surface area contributed by atoms with Crippen molar-refractivity contribution in [2.24, 2.45) is 0 Å². The van der Waals surface area contributed by atoms with E-state index in [9.17, 15) is 8.42 Å². The lowest BCUT2D eigenvalue weighted by Gasteiger charge is -2.09. The van der Waals surface area contributed by atoms with Gasteiger partial charge < -0.3 is 4.74 Å². The Bertz CT molecular complexity index is 772. The number of nitrogens with one attached hydrogen (secondary N) is 1. The standard InChI is InChI=1S/C12H12ClN3O3S2/c1-19-9-5-4-8(13)6-10(9)21(17,18)16-12-15-14-11(20-12)7-2-3-7/h4-7H,2-3H2,1H3,(H,15,16). The van der Waals surface area contributed by atoms with E-state index >= 15 is 0 Å². The Hall–Kier alpha value is -1.38. The first-order valence-electron chi connectivity index (χ1n) is 6.19. The minimum Gasteiger partial charge on any atom is -0.495 e. The van der Waals surface area contributed by atoms with Crippen molar-refractivity contribution in [2.45, 2.75) is 23.7 Å². The molecular formula is C12H12ClN3O3S2. The van der Waals surface area contributed by atoms with Gasteiger partial charge in [-0.2, -0.15) is 0 Å². The van der Waals surface area contributed by atoms with Crippen molar-refractivity contribution >= 4 is 38.1 Å². The first-order valence-corrected chi connectivity index (χ1v) is 8.87. The summed E-state index contributed by atoms with van der Waals surface area (Å²) in [6.07, 6.45) is 2.17. The minimum absolute atomic E-state index is 0.0272. The number of rotatable bonds is 5. The number of hydrogen-bond acceptors (Lipinski definition) is 6. The van der Waals surface area contributed by atoms with Crippen molar-refractivity contribution < 1.29 is 13.2 Å². The van der Waals surface area contributed by atoms with E-state index in [0.29, 0.717) is 10.9 Å². The van der Waals surface area contributed by atoms with Crippen molar-refractivity contribution in [3.63, 3.8) is 0 Å². The molecule has 1 saturated carbocycles. The van der Waals surface area contributed by atoms with E-state index in [1.54, 1.807) is 6.07 Å². The largest absolute Gasteiger partial charge is 0.495 e. The molecule has 1 N–H and O–H groups in total. The number of halogens is 1. The molecule has 21 heavy (non-hydrogen) atoms. The molecule has 9 heteroatoms. The highest BCUT2D eigenvalue weighted by Crippen LogP contribution is 2.42. The lowest BCUT2D eigenvalue weighted by molar-refractivity contribution is 0.403. The Morgan fingerprint density at radius 1 is 1.38 bits per heavy atom. The van der Waals surface area contributed by atoms with Gasteiger partial charge in [0.15, 0.2) is 0 Å². The number of sulfonamides is 1. The number of ether oxygens (including phenoxy) is 1. The maximum atomic E-state index is 12.4. The number of aromatic nitrogens is 2. The second-order valence-corrected chi connectivity index (χ2v) is 7.72. The summed E-state index contributed by atoms with van der Waals surface area (Å²) in [6, 6.07) is 4.41. The van der Waals surface area contributed by atoms with Gasteiger partial charge in [0.05, 0.1) is 7.11 Å². The fourth-order valence-corrected chi connectivity index (χ4v) is 4.38.